The maximum Gasteiger partial charge on any atom is 0.0912 e. The fraction of sp³-hybridized carbons (Fsp3) is 0.250. The van der Waals surface area contributed by atoms with Crippen LogP contribution in [0.15, 0.2) is 36.7 Å². The molecule has 0 atom stereocenters. The van der Waals surface area contributed by atoms with E-state index in [1.807, 2.05) is 12.1 Å². The molecule has 1 aromatic rings. The molecule has 0 unspecified atom stereocenters. The molecule has 14 heavy (non-hydrogen) atoms. The fourth-order valence-corrected chi connectivity index (χ4v) is 0.736. The molecule has 0 aliphatic heterocycles. The van der Waals surface area contributed by atoms with E-state index in [9.17, 15) is 5.11 Å². The second-order valence-electron chi connectivity index (χ2n) is 3.52. The molecule has 1 N–H and O–H groups in total. The summed E-state index contributed by atoms with van der Waals surface area (Å²) in [7, 11) is 0. The highest BCUT2D eigenvalue weighted by molar-refractivity contribution is 5.41. The van der Waals surface area contributed by atoms with Gasteiger partial charge in [-0.05, 0) is 26.0 Å². The van der Waals surface area contributed by atoms with Gasteiger partial charge in [-0.15, -0.1) is 0 Å². The van der Waals surface area contributed by atoms with Crippen LogP contribution in [0, 0.1) is 11.8 Å². The van der Waals surface area contributed by atoms with Crippen molar-refractivity contribution in [2.45, 2.75) is 19.4 Å². The molecular formula is C12H13NO. The van der Waals surface area contributed by atoms with Crippen molar-refractivity contribution >= 4 is 0 Å². The molecule has 1 rings (SSSR count). The zero-order valence-corrected chi connectivity index (χ0v) is 8.41. The molecule has 1 aromatic heterocycles. The van der Waals surface area contributed by atoms with Gasteiger partial charge in [-0.3, -0.25) is 4.98 Å². The Labute approximate surface area is 84.3 Å². The van der Waals surface area contributed by atoms with Crippen LogP contribution in [-0.2, 0) is 0 Å². The maximum absolute atomic E-state index is 9.55. The van der Waals surface area contributed by atoms with Gasteiger partial charge in [0, 0.05) is 23.5 Å². The average Bonchev–Trinajstić information content (AvgIpc) is 2.14. The predicted molar refractivity (Wildman–Crippen MR) is 56.6 cm³/mol. The van der Waals surface area contributed by atoms with E-state index < -0.39 is 5.60 Å². The average molecular weight is 187 g/mol. The lowest BCUT2D eigenvalue weighted by Crippen LogP contribution is -2.19. The van der Waals surface area contributed by atoms with Gasteiger partial charge in [0.25, 0.3) is 0 Å². The van der Waals surface area contributed by atoms with Crippen LogP contribution >= 0.6 is 0 Å². The first-order valence-corrected chi connectivity index (χ1v) is 4.34. The molecule has 0 fully saturated rings. The van der Waals surface area contributed by atoms with Gasteiger partial charge in [0.1, 0.15) is 0 Å². The Balaban J connectivity index is 2.80. The van der Waals surface area contributed by atoms with E-state index in [1.54, 1.807) is 26.2 Å². The van der Waals surface area contributed by atoms with Gasteiger partial charge in [0.2, 0.25) is 0 Å². The zero-order chi connectivity index (χ0) is 10.6. The van der Waals surface area contributed by atoms with Crippen LogP contribution in [0.3, 0.4) is 0 Å². The third kappa shape index (κ3) is 3.04. The van der Waals surface area contributed by atoms with E-state index in [1.165, 1.54) is 0 Å². The lowest BCUT2D eigenvalue weighted by molar-refractivity contribution is 0.125. The molecule has 0 aromatic carbocycles. The first kappa shape index (κ1) is 10.5. The number of hydrogen-bond acceptors (Lipinski definition) is 2. The van der Waals surface area contributed by atoms with Gasteiger partial charge in [0.15, 0.2) is 0 Å². The summed E-state index contributed by atoms with van der Waals surface area (Å²) in [5.74, 6) is 5.72. The largest absolute Gasteiger partial charge is 0.385 e. The Morgan fingerprint density at radius 2 is 2.00 bits per heavy atom. The van der Waals surface area contributed by atoms with E-state index in [0.29, 0.717) is 5.57 Å². The monoisotopic (exact) mass is 187 g/mol. The van der Waals surface area contributed by atoms with Crippen molar-refractivity contribution in [2.24, 2.45) is 0 Å². The normalized spacial score (nSPS) is 10.2. The highest BCUT2D eigenvalue weighted by Gasteiger charge is 2.14. The Hall–Kier alpha value is -1.59. The minimum atomic E-state index is -0.944. The third-order valence-corrected chi connectivity index (χ3v) is 1.78. The summed E-state index contributed by atoms with van der Waals surface area (Å²) in [5, 5.41) is 9.55. The quantitative estimate of drug-likeness (QED) is 0.679. The summed E-state index contributed by atoms with van der Waals surface area (Å²) >= 11 is 0. The molecule has 0 saturated carbocycles. The number of hydrogen-bond donors (Lipinski definition) is 1. The second kappa shape index (κ2) is 4.08. The van der Waals surface area contributed by atoms with Crippen LogP contribution in [0.2, 0.25) is 0 Å². The van der Waals surface area contributed by atoms with Crippen molar-refractivity contribution in [2.75, 3.05) is 0 Å². The van der Waals surface area contributed by atoms with E-state index in [0.717, 1.165) is 5.56 Å². The van der Waals surface area contributed by atoms with Crippen molar-refractivity contribution in [1.29, 1.82) is 0 Å². The molecule has 2 heteroatoms. The summed E-state index contributed by atoms with van der Waals surface area (Å²) in [6, 6.07) is 3.62. The summed E-state index contributed by atoms with van der Waals surface area (Å²) in [5.41, 5.74) is 0.430. The van der Waals surface area contributed by atoms with Crippen molar-refractivity contribution in [3.05, 3.63) is 42.2 Å². The summed E-state index contributed by atoms with van der Waals surface area (Å²) in [6.07, 6.45) is 3.35. The van der Waals surface area contributed by atoms with Gasteiger partial charge >= 0.3 is 0 Å². The summed E-state index contributed by atoms with van der Waals surface area (Å²) in [4.78, 5) is 3.88. The number of aromatic nitrogens is 1. The third-order valence-electron chi connectivity index (χ3n) is 1.78. The molecule has 0 radical (unpaired) electrons. The van der Waals surface area contributed by atoms with E-state index in [2.05, 4.69) is 23.4 Å². The molecular weight excluding hydrogens is 174 g/mol. The minimum absolute atomic E-state index is 0.509. The number of pyridine rings is 1. The standard InChI is InChI=1S/C12H13NO/c1-10(12(2,3)14)4-5-11-6-8-13-9-7-11/h6-9,14H,1H2,2-3H3. The molecule has 0 aliphatic rings. The highest BCUT2D eigenvalue weighted by Crippen LogP contribution is 2.11. The van der Waals surface area contributed by atoms with Gasteiger partial charge in [-0.25, -0.2) is 0 Å². The lowest BCUT2D eigenvalue weighted by atomic mass is 10.0. The van der Waals surface area contributed by atoms with E-state index in [-0.39, 0.29) is 0 Å². The van der Waals surface area contributed by atoms with Gasteiger partial charge in [-0.1, -0.05) is 18.4 Å². The van der Waals surface area contributed by atoms with Crippen LogP contribution in [-0.4, -0.2) is 15.7 Å². The van der Waals surface area contributed by atoms with Crippen molar-refractivity contribution in [3.8, 4) is 11.8 Å². The Kier molecular flexibility index (Phi) is 3.06. The molecule has 0 amide bonds. The van der Waals surface area contributed by atoms with Gasteiger partial charge in [0.05, 0.1) is 5.60 Å². The van der Waals surface area contributed by atoms with Crippen LogP contribution < -0.4 is 0 Å². The molecule has 0 bridgehead atoms. The maximum atomic E-state index is 9.55. The van der Waals surface area contributed by atoms with Crippen LogP contribution in [0.5, 0.6) is 0 Å². The molecule has 0 aliphatic carbocycles. The Bertz CT molecular complexity index is 376. The molecule has 0 spiro atoms. The van der Waals surface area contributed by atoms with Crippen molar-refractivity contribution < 1.29 is 5.11 Å². The highest BCUT2D eigenvalue weighted by atomic mass is 16.3. The summed E-state index contributed by atoms with van der Waals surface area (Å²) in [6.45, 7) is 7.03. The van der Waals surface area contributed by atoms with Gasteiger partial charge < -0.3 is 5.11 Å². The fourth-order valence-electron chi connectivity index (χ4n) is 0.736. The van der Waals surface area contributed by atoms with Crippen LogP contribution in [0.25, 0.3) is 0 Å². The van der Waals surface area contributed by atoms with Crippen molar-refractivity contribution in [1.82, 2.24) is 4.98 Å². The number of rotatable bonds is 1. The first-order valence-electron chi connectivity index (χ1n) is 4.34. The topological polar surface area (TPSA) is 33.1 Å². The van der Waals surface area contributed by atoms with Crippen molar-refractivity contribution in [3.63, 3.8) is 0 Å². The van der Waals surface area contributed by atoms with Crippen LogP contribution in [0.4, 0.5) is 0 Å². The van der Waals surface area contributed by atoms with E-state index in [4.69, 9.17) is 0 Å². The SMILES string of the molecule is C=C(C#Cc1ccncc1)C(C)(C)O. The molecule has 72 valence electrons. The second-order valence-corrected chi connectivity index (χ2v) is 3.52. The summed E-state index contributed by atoms with van der Waals surface area (Å²) < 4.78 is 0. The number of aliphatic hydroxyl groups is 1. The lowest BCUT2D eigenvalue weighted by Gasteiger charge is -2.14. The zero-order valence-electron chi connectivity index (χ0n) is 8.41. The molecule has 2 nitrogen and oxygen atoms in total. The number of nitrogens with zero attached hydrogens (tertiary/aromatic N) is 1. The smallest absolute Gasteiger partial charge is 0.0912 e. The molecule has 1 heterocycles. The van der Waals surface area contributed by atoms with Gasteiger partial charge in [-0.2, -0.15) is 0 Å². The van der Waals surface area contributed by atoms with Crippen LogP contribution in [0.1, 0.15) is 19.4 Å². The Morgan fingerprint density at radius 3 is 2.50 bits per heavy atom. The van der Waals surface area contributed by atoms with E-state index >= 15 is 0 Å². The molecule has 0 saturated heterocycles. The Morgan fingerprint density at radius 1 is 1.43 bits per heavy atom. The predicted octanol–water partition coefficient (Wildman–Crippen LogP) is 1.76. The first-order chi connectivity index (χ1) is 6.50. The minimum Gasteiger partial charge on any atom is -0.385 e.